The molecule has 2 bridgehead atoms. The number of nitrogens with zero attached hydrogens (tertiary/aromatic N) is 2. The van der Waals surface area contributed by atoms with Crippen molar-refractivity contribution >= 4 is 0 Å². The van der Waals surface area contributed by atoms with Gasteiger partial charge in [-0.1, -0.05) is 0 Å². The van der Waals surface area contributed by atoms with Gasteiger partial charge in [-0.25, -0.2) is 0 Å². The molecule has 3 aliphatic rings. The van der Waals surface area contributed by atoms with E-state index in [4.69, 9.17) is 0 Å². The summed E-state index contributed by atoms with van der Waals surface area (Å²) in [7, 11) is 2.42. The molecule has 0 N–H and O–H groups in total. The first-order valence-electron chi connectivity index (χ1n) is 7.80. The van der Waals surface area contributed by atoms with E-state index in [0.29, 0.717) is 0 Å². The molecule has 3 aliphatic heterocycles. The zero-order chi connectivity index (χ0) is 12.4. The predicted molar refractivity (Wildman–Crippen MR) is 73.8 cm³/mol. The standard InChI is InChI=1S/C15H32N2/c1-4-16(3,5-2)10-6-11-17-12-7-15(8-13-17)9-14-17/h15H,4-14H2,1-3H3/q+2. The second-order valence-corrected chi connectivity index (χ2v) is 6.80. The number of hydrogen-bond donors (Lipinski definition) is 0. The molecule has 0 amide bonds. The van der Waals surface area contributed by atoms with E-state index in [-0.39, 0.29) is 0 Å². The maximum atomic E-state index is 2.42. The van der Waals surface area contributed by atoms with Crippen molar-refractivity contribution in [1.29, 1.82) is 0 Å². The molecule has 3 rings (SSSR count). The molecule has 3 heterocycles. The van der Waals surface area contributed by atoms with E-state index < -0.39 is 0 Å². The SMILES string of the molecule is CC[N+](C)(CC)CCC[N+]12CCC(CC1)CC2. The van der Waals surface area contributed by atoms with Crippen molar-refractivity contribution < 1.29 is 8.97 Å². The minimum atomic E-state index is 1.10. The van der Waals surface area contributed by atoms with Crippen LogP contribution in [-0.4, -0.2) is 61.8 Å². The molecule has 3 fully saturated rings. The zero-order valence-electron chi connectivity index (χ0n) is 12.2. The summed E-state index contributed by atoms with van der Waals surface area (Å²) in [5, 5.41) is 0. The van der Waals surface area contributed by atoms with Crippen LogP contribution in [-0.2, 0) is 0 Å². The summed E-state index contributed by atoms with van der Waals surface area (Å²) >= 11 is 0. The zero-order valence-corrected chi connectivity index (χ0v) is 12.2. The lowest BCUT2D eigenvalue weighted by Crippen LogP contribution is -2.59. The Morgan fingerprint density at radius 3 is 2.00 bits per heavy atom. The molecule has 17 heavy (non-hydrogen) atoms. The van der Waals surface area contributed by atoms with Crippen LogP contribution >= 0.6 is 0 Å². The second-order valence-electron chi connectivity index (χ2n) is 6.80. The molecule has 0 aromatic carbocycles. The fraction of sp³-hybridized carbons (Fsp3) is 1.00. The quantitative estimate of drug-likeness (QED) is 0.626. The Bertz CT molecular complexity index is 224. The second kappa shape index (κ2) is 5.27. The van der Waals surface area contributed by atoms with Crippen LogP contribution in [0.15, 0.2) is 0 Å². The summed E-state index contributed by atoms with van der Waals surface area (Å²) in [6, 6.07) is 0. The van der Waals surface area contributed by atoms with Crippen molar-refractivity contribution in [3.63, 3.8) is 0 Å². The summed E-state index contributed by atoms with van der Waals surface area (Å²) in [4.78, 5) is 0. The lowest BCUT2D eigenvalue weighted by Gasteiger charge is -2.49. The van der Waals surface area contributed by atoms with Gasteiger partial charge in [0.25, 0.3) is 0 Å². The molecule has 0 aromatic rings. The predicted octanol–water partition coefficient (Wildman–Crippen LogP) is 2.49. The molecule has 0 unspecified atom stereocenters. The first kappa shape index (κ1) is 13.4. The van der Waals surface area contributed by atoms with Gasteiger partial charge in [0.05, 0.1) is 52.9 Å². The Morgan fingerprint density at radius 1 is 1.00 bits per heavy atom. The van der Waals surface area contributed by atoms with Crippen LogP contribution in [0.25, 0.3) is 0 Å². The van der Waals surface area contributed by atoms with Crippen LogP contribution in [0.1, 0.15) is 39.5 Å². The van der Waals surface area contributed by atoms with Gasteiger partial charge < -0.3 is 8.97 Å². The largest absolute Gasteiger partial charge is 0.326 e. The summed E-state index contributed by atoms with van der Waals surface area (Å²) < 4.78 is 2.74. The highest BCUT2D eigenvalue weighted by Gasteiger charge is 2.39. The third-order valence-electron chi connectivity index (χ3n) is 5.89. The van der Waals surface area contributed by atoms with Crippen LogP contribution in [0.4, 0.5) is 0 Å². The first-order valence-corrected chi connectivity index (χ1v) is 7.80. The Balaban J connectivity index is 1.78. The fourth-order valence-corrected chi connectivity index (χ4v) is 3.80. The molecule has 0 atom stereocenters. The van der Waals surface area contributed by atoms with E-state index in [9.17, 15) is 0 Å². The van der Waals surface area contributed by atoms with Crippen molar-refractivity contribution in [2.75, 3.05) is 52.9 Å². The van der Waals surface area contributed by atoms with Gasteiger partial charge >= 0.3 is 0 Å². The molecule has 0 radical (unpaired) electrons. The molecule has 2 nitrogen and oxygen atoms in total. The summed E-state index contributed by atoms with van der Waals surface area (Å²) in [6.07, 6.45) is 6.00. The van der Waals surface area contributed by atoms with Crippen molar-refractivity contribution in [3.05, 3.63) is 0 Å². The topological polar surface area (TPSA) is 0 Å². The molecule has 3 saturated heterocycles. The monoisotopic (exact) mass is 240 g/mol. The highest BCUT2D eigenvalue weighted by atomic mass is 15.4. The smallest absolute Gasteiger partial charge is 0.0841 e. The summed E-state index contributed by atoms with van der Waals surface area (Å²) in [6.45, 7) is 14.6. The van der Waals surface area contributed by atoms with E-state index in [1.54, 1.807) is 0 Å². The molecular weight excluding hydrogens is 208 g/mol. The lowest BCUT2D eigenvalue weighted by molar-refractivity contribution is -0.949. The maximum Gasteiger partial charge on any atom is 0.0841 e. The van der Waals surface area contributed by atoms with E-state index in [1.807, 2.05) is 0 Å². The molecule has 0 spiro atoms. The number of quaternary nitrogens is 2. The summed E-state index contributed by atoms with van der Waals surface area (Å²) in [5.74, 6) is 1.10. The average molecular weight is 240 g/mol. The van der Waals surface area contributed by atoms with Gasteiger partial charge in [0.2, 0.25) is 0 Å². The molecule has 0 saturated carbocycles. The minimum Gasteiger partial charge on any atom is -0.326 e. The Morgan fingerprint density at radius 2 is 1.53 bits per heavy atom. The van der Waals surface area contributed by atoms with Gasteiger partial charge in [-0.05, 0) is 39.0 Å². The Kier molecular flexibility index (Phi) is 4.14. The van der Waals surface area contributed by atoms with Gasteiger partial charge in [-0.3, -0.25) is 0 Å². The van der Waals surface area contributed by atoms with Gasteiger partial charge in [0.15, 0.2) is 0 Å². The fourth-order valence-electron chi connectivity index (χ4n) is 3.80. The van der Waals surface area contributed by atoms with Crippen molar-refractivity contribution in [3.8, 4) is 0 Å². The van der Waals surface area contributed by atoms with Gasteiger partial charge in [0.1, 0.15) is 0 Å². The number of rotatable bonds is 6. The van der Waals surface area contributed by atoms with Gasteiger partial charge in [-0.2, -0.15) is 0 Å². The van der Waals surface area contributed by atoms with Crippen LogP contribution in [0.5, 0.6) is 0 Å². The van der Waals surface area contributed by atoms with E-state index in [0.717, 1.165) is 5.92 Å². The van der Waals surface area contributed by atoms with Crippen molar-refractivity contribution in [2.24, 2.45) is 5.92 Å². The normalized spacial score (nSPS) is 33.0. The Labute approximate surface area is 108 Å². The van der Waals surface area contributed by atoms with E-state index >= 15 is 0 Å². The molecule has 2 heteroatoms. The van der Waals surface area contributed by atoms with Crippen LogP contribution in [0.2, 0.25) is 0 Å². The van der Waals surface area contributed by atoms with Gasteiger partial charge in [0, 0.05) is 6.42 Å². The molecule has 0 aromatic heterocycles. The van der Waals surface area contributed by atoms with Gasteiger partial charge in [-0.15, -0.1) is 0 Å². The molecule has 0 aliphatic carbocycles. The lowest BCUT2D eigenvalue weighted by atomic mass is 9.85. The first-order chi connectivity index (χ1) is 8.11. The molecular formula is C15H32N2+2. The van der Waals surface area contributed by atoms with E-state index in [2.05, 4.69) is 20.9 Å². The third-order valence-corrected chi connectivity index (χ3v) is 5.89. The number of hydrogen-bond acceptors (Lipinski definition) is 0. The highest BCUT2D eigenvalue weighted by Crippen LogP contribution is 2.33. The number of piperidine rings is 3. The van der Waals surface area contributed by atoms with Crippen molar-refractivity contribution in [1.82, 2.24) is 0 Å². The Hall–Kier alpha value is -0.0800. The third kappa shape index (κ3) is 3.03. The van der Waals surface area contributed by atoms with Crippen molar-refractivity contribution in [2.45, 2.75) is 39.5 Å². The summed E-state index contributed by atoms with van der Waals surface area (Å²) in [5.41, 5.74) is 0. The van der Waals surface area contributed by atoms with Crippen LogP contribution in [0.3, 0.4) is 0 Å². The highest BCUT2D eigenvalue weighted by molar-refractivity contribution is 4.71. The van der Waals surface area contributed by atoms with E-state index in [1.165, 1.54) is 80.5 Å². The average Bonchev–Trinajstić information content (AvgIpc) is 2.40. The maximum absolute atomic E-state index is 2.42. The minimum absolute atomic E-state index is 1.10. The molecule has 100 valence electrons. The van der Waals surface area contributed by atoms with Crippen LogP contribution in [0, 0.1) is 5.92 Å². The number of fused-ring (bicyclic) bond motifs is 3. The van der Waals surface area contributed by atoms with Crippen LogP contribution < -0.4 is 0 Å².